The molecule has 2 nitrogen and oxygen atoms in total. The Morgan fingerprint density at radius 2 is 1.87 bits per heavy atom. The second kappa shape index (κ2) is 8.04. The van der Waals surface area contributed by atoms with Crippen LogP contribution in [0.3, 0.4) is 0 Å². The first-order valence-corrected chi connectivity index (χ1v) is 4.82. The maximum atomic E-state index is 11.0. The number of allylic oxidation sites excluding steroid dienone is 1. The van der Waals surface area contributed by atoms with Crippen LogP contribution in [0.4, 0.5) is 0 Å². The fourth-order valence-electron chi connectivity index (χ4n) is 0.834. The molecule has 0 aromatic rings. The molecule has 0 rings (SSSR count). The van der Waals surface area contributed by atoms with Crippen LogP contribution in [0, 0.1) is 5.41 Å². The van der Waals surface area contributed by atoms with Crippen LogP contribution in [0.1, 0.15) is 27.2 Å². The van der Waals surface area contributed by atoms with Crippen molar-refractivity contribution in [1.29, 1.82) is 0 Å². The Kier molecular flexibility index (Phi) is 8.64. The van der Waals surface area contributed by atoms with Crippen molar-refractivity contribution in [2.45, 2.75) is 27.2 Å². The Morgan fingerprint density at radius 1 is 1.40 bits per heavy atom. The van der Waals surface area contributed by atoms with Crippen LogP contribution in [-0.2, 0) is 9.53 Å². The number of hydrogen-bond acceptors (Lipinski definition) is 2. The smallest absolute Gasteiger partial charge is 0.333 e. The summed E-state index contributed by atoms with van der Waals surface area (Å²) < 4.78 is 5.03. The second-order valence-electron chi connectivity index (χ2n) is 4.01. The Bertz CT molecular complexity index is 227. The number of carbonyl (C=O) groups is 1. The highest BCUT2D eigenvalue weighted by Crippen LogP contribution is 2.21. The molecular formula is C13H22O2. The molecule has 0 bridgehead atoms. The van der Waals surface area contributed by atoms with Gasteiger partial charge in [0, 0.05) is 11.0 Å². The molecule has 0 amide bonds. The predicted octanol–water partition coefficient (Wildman–Crippen LogP) is 3.51. The minimum Gasteiger partial charge on any atom is -0.462 e. The predicted molar refractivity (Wildman–Crippen MR) is 65.6 cm³/mol. The Balaban J connectivity index is 0. The lowest BCUT2D eigenvalue weighted by atomic mass is 9.91. The van der Waals surface area contributed by atoms with Crippen LogP contribution in [-0.4, -0.2) is 12.6 Å². The molecule has 0 aliphatic carbocycles. The topological polar surface area (TPSA) is 26.3 Å². The quantitative estimate of drug-likeness (QED) is 0.394. The molecule has 0 saturated heterocycles. The van der Waals surface area contributed by atoms with Gasteiger partial charge >= 0.3 is 5.97 Å². The van der Waals surface area contributed by atoms with Crippen LogP contribution in [0.2, 0.25) is 0 Å². The first-order valence-electron chi connectivity index (χ1n) is 4.82. The van der Waals surface area contributed by atoms with Gasteiger partial charge in [-0.15, -0.1) is 19.7 Å². The maximum absolute atomic E-state index is 11.0. The number of esters is 1. The Labute approximate surface area is 93.3 Å². The summed E-state index contributed by atoms with van der Waals surface area (Å²) in [5, 5.41) is 0. The summed E-state index contributed by atoms with van der Waals surface area (Å²) >= 11 is 0. The van der Waals surface area contributed by atoms with Gasteiger partial charge in [-0.25, -0.2) is 4.79 Å². The van der Waals surface area contributed by atoms with Crippen molar-refractivity contribution in [1.82, 2.24) is 0 Å². The third kappa shape index (κ3) is 9.01. The van der Waals surface area contributed by atoms with Gasteiger partial charge in [-0.05, 0) is 13.3 Å². The lowest BCUT2D eigenvalue weighted by molar-refractivity contribution is -0.141. The highest BCUT2D eigenvalue weighted by atomic mass is 16.5. The van der Waals surface area contributed by atoms with Crippen LogP contribution in [0.25, 0.3) is 0 Å². The van der Waals surface area contributed by atoms with E-state index in [1.165, 1.54) is 0 Å². The number of rotatable bonds is 5. The molecule has 0 radical (unpaired) electrons. The van der Waals surface area contributed by atoms with Gasteiger partial charge in [0.25, 0.3) is 0 Å². The van der Waals surface area contributed by atoms with Crippen LogP contribution in [0.15, 0.2) is 38.0 Å². The van der Waals surface area contributed by atoms with E-state index >= 15 is 0 Å². The van der Waals surface area contributed by atoms with Gasteiger partial charge in [-0.2, -0.15) is 0 Å². The molecule has 0 spiro atoms. The fourth-order valence-corrected chi connectivity index (χ4v) is 0.834. The number of carbonyl (C=O) groups excluding carboxylic acids is 1. The molecule has 0 fully saturated rings. The van der Waals surface area contributed by atoms with Gasteiger partial charge < -0.3 is 4.74 Å². The highest BCUT2D eigenvalue weighted by molar-refractivity contribution is 5.86. The lowest BCUT2D eigenvalue weighted by Gasteiger charge is -2.22. The summed E-state index contributed by atoms with van der Waals surface area (Å²) in [6, 6.07) is 0. The third-order valence-corrected chi connectivity index (χ3v) is 1.64. The van der Waals surface area contributed by atoms with E-state index in [9.17, 15) is 4.79 Å². The van der Waals surface area contributed by atoms with Gasteiger partial charge in [0.05, 0.1) is 6.61 Å². The molecule has 0 aromatic carbocycles. The molecule has 2 heteroatoms. The Hall–Kier alpha value is -1.31. The highest BCUT2D eigenvalue weighted by Gasteiger charge is 2.18. The zero-order chi connectivity index (χ0) is 12.5. The zero-order valence-electron chi connectivity index (χ0n) is 10.1. The van der Waals surface area contributed by atoms with Gasteiger partial charge in [-0.3, -0.25) is 0 Å². The zero-order valence-corrected chi connectivity index (χ0v) is 10.1. The first kappa shape index (κ1) is 16.1. The number of ether oxygens (including phenoxy) is 1. The Morgan fingerprint density at radius 3 is 2.20 bits per heavy atom. The monoisotopic (exact) mass is 210 g/mol. The summed E-state index contributed by atoms with van der Waals surface area (Å²) in [4.78, 5) is 11.0. The van der Waals surface area contributed by atoms with Gasteiger partial charge in [0.1, 0.15) is 0 Å². The second-order valence-corrected chi connectivity index (χ2v) is 4.01. The minimum absolute atomic E-state index is 0.0349. The molecule has 0 heterocycles. The average molecular weight is 210 g/mol. The normalized spacial score (nSPS) is 9.53. The van der Waals surface area contributed by atoms with E-state index < -0.39 is 0 Å². The molecule has 0 saturated carbocycles. The molecule has 0 aromatic heterocycles. The number of hydrogen-bond donors (Lipinski definition) is 0. The summed E-state index contributed by atoms with van der Waals surface area (Å²) in [5.41, 5.74) is 0.404. The van der Waals surface area contributed by atoms with Gasteiger partial charge in [-0.1, -0.05) is 26.5 Å². The molecule has 0 atom stereocenters. The fraction of sp³-hybridized carbons (Fsp3) is 0.462. The largest absolute Gasteiger partial charge is 0.462 e. The van der Waals surface area contributed by atoms with Crippen molar-refractivity contribution in [2.75, 3.05) is 6.61 Å². The third-order valence-electron chi connectivity index (χ3n) is 1.64. The van der Waals surface area contributed by atoms with Crippen LogP contribution >= 0.6 is 0 Å². The first-order chi connectivity index (χ1) is 6.89. The molecule has 0 unspecified atom stereocenters. The summed E-state index contributed by atoms with van der Waals surface area (Å²) in [7, 11) is 0. The summed E-state index contributed by atoms with van der Waals surface area (Å²) in [5.74, 6) is -0.322. The van der Waals surface area contributed by atoms with Crippen molar-refractivity contribution >= 4 is 5.97 Å². The minimum atomic E-state index is -0.322. The van der Waals surface area contributed by atoms with E-state index in [1.54, 1.807) is 6.92 Å². The van der Waals surface area contributed by atoms with Gasteiger partial charge in [0.2, 0.25) is 0 Å². The van der Waals surface area contributed by atoms with E-state index in [0.717, 1.165) is 6.42 Å². The van der Waals surface area contributed by atoms with Crippen LogP contribution < -0.4 is 0 Å². The maximum Gasteiger partial charge on any atom is 0.333 e. The van der Waals surface area contributed by atoms with E-state index in [2.05, 4.69) is 26.3 Å². The van der Waals surface area contributed by atoms with Gasteiger partial charge in [0.15, 0.2) is 0 Å². The summed E-state index contributed by atoms with van der Waals surface area (Å²) in [6.45, 7) is 19.3. The van der Waals surface area contributed by atoms with Crippen molar-refractivity contribution in [2.24, 2.45) is 5.41 Å². The molecular weight excluding hydrogens is 188 g/mol. The average Bonchev–Trinajstić information content (AvgIpc) is 2.17. The van der Waals surface area contributed by atoms with E-state index in [4.69, 9.17) is 4.74 Å². The molecule has 0 aliphatic rings. The molecule has 0 N–H and O–H groups in total. The van der Waals surface area contributed by atoms with E-state index in [0.29, 0.717) is 12.2 Å². The molecule has 86 valence electrons. The lowest BCUT2D eigenvalue weighted by Crippen LogP contribution is -2.21. The van der Waals surface area contributed by atoms with Crippen molar-refractivity contribution in [3.8, 4) is 0 Å². The van der Waals surface area contributed by atoms with Crippen molar-refractivity contribution in [3.05, 3.63) is 38.0 Å². The van der Waals surface area contributed by atoms with E-state index in [1.807, 2.05) is 19.9 Å². The standard InChI is InChI=1S/C11H18O2.C2H4/c1-6-7-11(4,5)8-13-10(12)9(2)3;1-2/h6H,1-2,7-8H2,3-5H3;1-2H2. The van der Waals surface area contributed by atoms with Crippen LogP contribution in [0.5, 0.6) is 0 Å². The SMILES string of the molecule is C=C.C=CCC(C)(C)COC(=O)C(=C)C. The van der Waals surface area contributed by atoms with Crippen molar-refractivity contribution < 1.29 is 9.53 Å². The molecule has 0 aliphatic heterocycles. The summed E-state index contributed by atoms with van der Waals surface area (Å²) in [6.07, 6.45) is 2.66. The van der Waals surface area contributed by atoms with E-state index in [-0.39, 0.29) is 11.4 Å². The molecule has 15 heavy (non-hydrogen) atoms. The van der Waals surface area contributed by atoms with Crippen molar-refractivity contribution in [3.63, 3.8) is 0 Å².